The normalized spacial score (nSPS) is 10.5. The zero-order chi connectivity index (χ0) is 14.5. The van der Waals surface area contributed by atoms with Gasteiger partial charge in [0.05, 0.1) is 6.54 Å². The lowest BCUT2D eigenvalue weighted by atomic mass is 10.2. The summed E-state index contributed by atoms with van der Waals surface area (Å²) < 4.78 is 0. The van der Waals surface area contributed by atoms with Gasteiger partial charge in [0.1, 0.15) is 0 Å². The molecule has 5 nitrogen and oxygen atoms in total. The Morgan fingerprint density at radius 3 is 2.52 bits per heavy atom. The van der Waals surface area contributed by atoms with Crippen molar-refractivity contribution in [3.63, 3.8) is 0 Å². The van der Waals surface area contributed by atoms with Crippen molar-refractivity contribution in [2.24, 2.45) is 0 Å². The van der Waals surface area contributed by atoms with Crippen LogP contribution in [0.1, 0.15) is 5.56 Å². The van der Waals surface area contributed by atoms with Crippen LogP contribution in [-0.4, -0.2) is 26.8 Å². The van der Waals surface area contributed by atoms with Crippen molar-refractivity contribution in [3.8, 4) is 11.4 Å². The summed E-state index contributed by atoms with van der Waals surface area (Å²) in [5, 5.41) is 15.9. The molecule has 0 aliphatic carbocycles. The smallest absolute Gasteiger partial charge is 0.204 e. The molecule has 0 fully saturated rings. The first-order valence-corrected chi connectivity index (χ1v) is 6.95. The molecule has 0 aliphatic heterocycles. The van der Waals surface area contributed by atoms with Crippen LogP contribution >= 0.6 is 0 Å². The molecule has 5 heteroatoms. The van der Waals surface area contributed by atoms with Crippen molar-refractivity contribution in [2.75, 3.05) is 11.9 Å². The van der Waals surface area contributed by atoms with Crippen molar-refractivity contribution in [3.05, 3.63) is 60.2 Å². The molecular formula is C16H17N5. The number of nitrogens with one attached hydrogen (secondary N) is 1. The SMILES string of the molecule is Cc1ccc(NCCn2nnc(-c3ccccc3)n2)cc1. The maximum atomic E-state index is 4.38. The molecule has 0 saturated carbocycles. The van der Waals surface area contributed by atoms with Crippen LogP contribution in [0.5, 0.6) is 0 Å². The number of benzene rings is 2. The topological polar surface area (TPSA) is 55.6 Å². The minimum atomic E-state index is 0.658. The molecule has 0 amide bonds. The molecule has 0 unspecified atom stereocenters. The van der Waals surface area contributed by atoms with Crippen LogP contribution in [0.4, 0.5) is 5.69 Å². The molecular weight excluding hydrogens is 262 g/mol. The van der Waals surface area contributed by atoms with Gasteiger partial charge in [-0.1, -0.05) is 48.0 Å². The maximum Gasteiger partial charge on any atom is 0.204 e. The number of hydrogen-bond donors (Lipinski definition) is 1. The minimum Gasteiger partial charge on any atom is -0.383 e. The fourth-order valence-electron chi connectivity index (χ4n) is 2.01. The highest BCUT2D eigenvalue weighted by atomic mass is 15.6. The van der Waals surface area contributed by atoms with E-state index in [1.54, 1.807) is 4.80 Å². The van der Waals surface area contributed by atoms with E-state index in [0.29, 0.717) is 12.4 Å². The van der Waals surface area contributed by atoms with E-state index in [9.17, 15) is 0 Å². The monoisotopic (exact) mass is 279 g/mol. The lowest BCUT2D eigenvalue weighted by Gasteiger charge is -2.05. The number of rotatable bonds is 5. The third-order valence-electron chi connectivity index (χ3n) is 3.18. The van der Waals surface area contributed by atoms with Gasteiger partial charge in [0.25, 0.3) is 0 Å². The largest absolute Gasteiger partial charge is 0.383 e. The molecule has 0 saturated heterocycles. The first-order valence-electron chi connectivity index (χ1n) is 6.95. The summed E-state index contributed by atoms with van der Waals surface area (Å²) in [5.74, 6) is 0.658. The first-order chi connectivity index (χ1) is 10.3. The van der Waals surface area contributed by atoms with E-state index in [2.05, 4.69) is 51.9 Å². The van der Waals surface area contributed by atoms with E-state index < -0.39 is 0 Å². The van der Waals surface area contributed by atoms with E-state index in [0.717, 1.165) is 17.8 Å². The third-order valence-corrected chi connectivity index (χ3v) is 3.18. The predicted molar refractivity (Wildman–Crippen MR) is 82.9 cm³/mol. The Balaban J connectivity index is 1.57. The standard InChI is InChI=1S/C16H17N5/c1-13-7-9-15(10-8-13)17-11-12-21-19-16(18-20-21)14-5-3-2-4-6-14/h2-10,17H,11-12H2,1H3. The summed E-state index contributed by atoms with van der Waals surface area (Å²) >= 11 is 0. The van der Waals surface area contributed by atoms with Gasteiger partial charge >= 0.3 is 0 Å². The average Bonchev–Trinajstić information content (AvgIpc) is 2.99. The van der Waals surface area contributed by atoms with Crippen LogP contribution in [-0.2, 0) is 6.54 Å². The Bertz CT molecular complexity index is 688. The molecule has 106 valence electrons. The molecule has 0 atom stereocenters. The molecule has 0 spiro atoms. The molecule has 2 aromatic carbocycles. The summed E-state index contributed by atoms with van der Waals surface area (Å²) in [5.41, 5.74) is 3.34. The molecule has 1 heterocycles. The molecule has 21 heavy (non-hydrogen) atoms. The highest BCUT2D eigenvalue weighted by Gasteiger charge is 2.04. The van der Waals surface area contributed by atoms with E-state index in [4.69, 9.17) is 0 Å². The van der Waals surface area contributed by atoms with Crippen LogP contribution in [0.15, 0.2) is 54.6 Å². The average molecular weight is 279 g/mol. The van der Waals surface area contributed by atoms with Crippen LogP contribution in [0.2, 0.25) is 0 Å². The highest BCUT2D eigenvalue weighted by molar-refractivity contribution is 5.53. The van der Waals surface area contributed by atoms with Gasteiger partial charge in [0.15, 0.2) is 0 Å². The van der Waals surface area contributed by atoms with E-state index in [1.807, 2.05) is 30.3 Å². The van der Waals surface area contributed by atoms with Crippen LogP contribution in [0.3, 0.4) is 0 Å². The van der Waals surface area contributed by atoms with Crippen LogP contribution in [0.25, 0.3) is 11.4 Å². The van der Waals surface area contributed by atoms with E-state index in [-0.39, 0.29) is 0 Å². The molecule has 0 aliphatic rings. The number of aryl methyl sites for hydroxylation is 1. The summed E-state index contributed by atoms with van der Waals surface area (Å²) in [6.45, 7) is 3.51. The molecule has 0 bridgehead atoms. The molecule has 1 N–H and O–H groups in total. The number of tetrazole rings is 1. The second-order valence-corrected chi connectivity index (χ2v) is 4.87. The fourth-order valence-corrected chi connectivity index (χ4v) is 2.01. The van der Waals surface area contributed by atoms with E-state index in [1.165, 1.54) is 5.56 Å². The Kier molecular flexibility index (Phi) is 3.91. The number of aromatic nitrogens is 4. The van der Waals surface area contributed by atoms with Gasteiger partial charge in [-0.2, -0.15) is 4.80 Å². The summed E-state index contributed by atoms with van der Waals surface area (Å²) in [7, 11) is 0. The lowest BCUT2D eigenvalue weighted by molar-refractivity contribution is 0.539. The second-order valence-electron chi connectivity index (χ2n) is 4.87. The van der Waals surface area contributed by atoms with Gasteiger partial charge in [-0.25, -0.2) is 0 Å². The second kappa shape index (κ2) is 6.17. The van der Waals surface area contributed by atoms with E-state index >= 15 is 0 Å². The third kappa shape index (κ3) is 3.45. The Hall–Kier alpha value is -2.69. The molecule has 1 aromatic heterocycles. The zero-order valence-electron chi connectivity index (χ0n) is 11.9. The first kappa shape index (κ1) is 13.3. The summed E-state index contributed by atoms with van der Waals surface area (Å²) in [6.07, 6.45) is 0. The summed E-state index contributed by atoms with van der Waals surface area (Å²) in [6, 6.07) is 18.2. The van der Waals surface area contributed by atoms with Gasteiger partial charge in [-0.15, -0.1) is 10.2 Å². The van der Waals surface area contributed by atoms with Crippen LogP contribution < -0.4 is 5.32 Å². The van der Waals surface area contributed by atoms with Gasteiger partial charge < -0.3 is 5.32 Å². The van der Waals surface area contributed by atoms with Gasteiger partial charge in [0.2, 0.25) is 5.82 Å². The van der Waals surface area contributed by atoms with Gasteiger partial charge in [-0.3, -0.25) is 0 Å². The van der Waals surface area contributed by atoms with Crippen molar-refractivity contribution in [1.29, 1.82) is 0 Å². The molecule has 3 aromatic rings. The van der Waals surface area contributed by atoms with Crippen LogP contribution in [0, 0.1) is 6.92 Å². The quantitative estimate of drug-likeness (QED) is 0.780. The maximum absolute atomic E-state index is 4.38. The summed E-state index contributed by atoms with van der Waals surface area (Å²) in [4.78, 5) is 1.61. The van der Waals surface area contributed by atoms with Gasteiger partial charge in [-0.05, 0) is 24.3 Å². The minimum absolute atomic E-state index is 0.658. The Morgan fingerprint density at radius 1 is 1.00 bits per heavy atom. The predicted octanol–water partition coefficient (Wildman–Crippen LogP) is 2.76. The van der Waals surface area contributed by atoms with Crippen molar-refractivity contribution >= 4 is 5.69 Å². The fraction of sp³-hybridized carbons (Fsp3) is 0.188. The Morgan fingerprint density at radius 2 is 1.76 bits per heavy atom. The number of anilines is 1. The highest BCUT2D eigenvalue weighted by Crippen LogP contribution is 2.12. The number of hydrogen-bond acceptors (Lipinski definition) is 4. The Labute approximate surface area is 123 Å². The van der Waals surface area contributed by atoms with Crippen molar-refractivity contribution < 1.29 is 0 Å². The number of nitrogens with zero attached hydrogens (tertiary/aromatic N) is 4. The molecule has 0 radical (unpaired) electrons. The van der Waals surface area contributed by atoms with Crippen molar-refractivity contribution in [1.82, 2.24) is 20.2 Å². The van der Waals surface area contributed by atoms with Gasteiger partial charge in [0, 0.05) is 17.8 Å². The zero-order valence-corrected chi connectivity index (χ0v) is 11.9. The lowest BCUT2D eigenvalue weighted by Crippen LogP contribution is -2.12. The van der Waals surface area contributed by atoms with Crippen molar-refractivity contribution in [2.45, 2.75) is 13.5 Å². The molecule has 3 rings (SSSR count).